The first-order chi connectivity index (χ1) is 27.9. The summed E-state index contributed by atoms with van der Waals surface area (Å²) in [6.07, 6.45) is 48.8. The molecule has 0 amide bonds. The zero-order valence-corrected chi connectivity index (χ0v) is 40.1. The van der Waals surface area contributed by atoms with Crippen LogP contribution in [0.5, 0.6) is 0 Å². The highest BCUT2D eigenvalue weighted by Crippen LogP contribution is 2.20. The van der Waals surface area contributed by atoms with Gasteiger partial charge in [0.1, 0.15) is 12.3 Å². The molecule has 0 aliphatic carbocycles. The van der Waals surface area contributed by atoms with Crippen molar-refractivity contribution in [3.63, 3.8) is 0 Å². The maximum Gasteiger partial charge on any atom is 0.359 e. The van der Waals surface area contributed by atoms with Gasteiger partial charge in [0.15, 0.2) is 13.1 Å². The summed E-state index contributed by atoms with van der Waals surface area (Å²) in [6.45, 7) is 11.2. The summed E-state index contributed by atoms with van der Waals surface area (Å²) >= 11 is 0. The van der Waals surface area contributed by atoms with Gasteiger partial charge in [0, 0.05) is 25.9 Å². The van der Waals surface area contributed by atoms with Gasteiger partial charge in [-0.15, -0.1) is 0 Å². The zero-order chi connectivity index (χ0) is 43.6. The third-order valence-corrected chi connectivity index (χ3v) is 11.4. The molecule has 0 saturated heterocycles. The second-order valence-electron chi connectivity index (χ2n) is 18.4. The smallest absolute Gasteiger partial charge is 0.359 e. The van der Waals surface area contributed by atoms with Crippen LogP contribution in [0.4, 0.5) is 0 Å². The Bertz CT molecular complexity index is 912. The predicted octanol–water partition coefficient (Wildman–Crippen LogP) is 13.0. The SMILES string of the molecule is CCCCCCCC/C=C\CCCCCCCCNC(CC)[N+](C)(CC(=O)O)C(CC)NCCCCCCCC/C=C\CCCCCCCC.C[N+](C)(C)CC(=O)O. The van der Waals surface area contributed by atoms with Gasteiger partial charge in [-0.25, -0.2) is 9.59 Å². The Morgan fingerprint density at radius 2 is 0.707 bits per heavy atom. The van der Waals surface area contributed by atoms with E-state index in [0.29, 0.717) is 8.97 Å². The molecule has 0 radical (unpaired) electrons. The molecule has 0 aliphatic heterocycles. The first-order valence-electron chi connectivity index (χ1n) is 24.7. The highest BCUT2D eigenvalue weighted by molar-refractivity contribution is 5.68. The molecule has 0 bridgehead atoms. The molecule has 58 heavy (non-hydrogen) atoms. The second-order valence-corrected chi connectivity index (χ2v) is 18.4. The maximum atomic E-state index is 12.0. The van der Waals surface area contributed by atoms with Crippen LogP contribution in [0.2, 0.25) is 0 Å². The molecular formula is C50H102N4O4+2. The Kier molecular flexibility index (Phi) is 42.2. The van der Waals surface area contributed by atoms with Crippen molar-refractivity contribution < 1.29 is 28.8 Å². The number of hydrogen-bond donors (Lipinski definition) is 4. The topological polar surface area (TPSA) is 98.7 Å². The van der Waals surface area contributed by atoms with Gasteiger partial charge in [0.05, 0.1) is 28.2 Å². The Labute approximate surface area is 361 Å². The van der Waals surface area contributed by atoms with Crippen molar-refractivity contribution in [1.82, 2.24) is 10.6 Å². The van der Waals surface area contributed by atoms with Crippen LogP contribution in [0.25, 0.3) is 0 Å². The number of quaternary nitrogens is 2. The average molecular weight is 823 g/mol. The van der Waals surface area contributed by atoms with Crippen LogP contribution in [0.1, 0.15) is 220 Å². The van der Waals surface area contributed by atoms with E-state index in [9.17, 15) is 14.7 Å². The van der Waals surface area contributed by atoms with Crippen molar-refractivity contribution in [1.29, 1.82) is 0 Å². The van der Waals surface area contributed by atoms with Crippen molar-refractivity contribution in [2.45, 2.75) is 233 Å². The molecule has 0 aliphatic rings. The van der Waals surface area contributed by atoms with Crippen molar-refractivity contribution in [2.24, 2.45) is 0 Å². The molecule has 2 unspecified atom stereocenters. The van der Waals surface area contributed by atoms with E-state index in [4.69, 9.17) is 5.11 Å². The molecule has 344 valence electrons. The van der Waals surface area contributed by atoms with Crippen LogP contribution in [-0.2, 0) is 9.59 Å². The monoisotopic (exact) mass is 823 g/mol. The first kappa shape index (κ1) is 58.4. The number of hydrogen-bond acceptors (Lipinski definition) is 4. The minimum atomic E-state index is -0.752. The van der Waals surface area contributed by atoms with Gasteiger partial charge >= 0.3 is 11.9 Å². The van der Waals surface area contributed by atoms with E-state index in [0.717, 1.165) is 25.9 Å². The summed E-state index contributed by atoms with van der Waals surface area (Å²) in [5.41, 5.74) is 0. The third-order valence-electron chi connectivity index (χ3n) is 11.4. The fourth-order valence-corrected chi connectivity index (χ4v) is 7.96. The molecule has 8 nitrogen and oxygen atoms in total. The molecule has 2 atom stereocenters. The van der Waals surface area contributed by atoms with Crippen molar-refractivity contribution in [3.8, 4) is 0 Å². The molecule has 0 fully saturated rings. The van der Waals surface area contributed by atoms with E-state index in [1.54, 1.807) is 0 Å². The lowest BCUT2D eigenvalue weighted by Crippen LogP contribution is -2.68. The molecule has 0 rings (SSSR count). The lowest BCUT2D eigenvalue weighted by molar-refractivity contribution is -0.956. The lowest BCUT2D eigenvalue weighted by atomic mass is 10.1. The van der Waals surface area contributed by atoms with Gasteiger partial charge in [-0.05, 0) is 64.2 Å². The fraction of sp³-hybridized carbons (Fsp3) is 0.880. The van der Waals surface area contributed by atoms with E-state index in [-0.39, 0.29) is 25.4 Å². The Hall–Kier alpha value is -1.74. The number of aliphatic carboxylic acids is 2. The van der Waals surface area contributed by atoms with Crippen LogP contribution >= 0.6 is 0 Å². The largest absolute Gasteiger partial charge is 0.477 e. The van der Waals surface area contributed by atoms with Crippen LogP contribution in [0, 0.1) is 0 Å². The summed E-state index contributed by atoms with van der Waals surface area (Å²) in [7, 11) is 7.68. The van der Waals surface area contributed by atoms with E-state index in [1.807, 2.05) is 21.1 Å². The standard InChI is InChI=1S/C45H89N3O2.C5H11NO2/c1-6-10-12-14-16-18-20-22-24-26-28-30-32-34-36-38-40-46-43(8-3)48(5,42-45(49)50)44(9-4)47-41-39-37-35-33-31-29-27-25-23-21-19-17-15-13-11-7-2;1-6(2,3)4-5(7)8/h22-25,43-44,46-47H,6-21,26-42H2,1-5H3;4H2,1-3H3/p+2/b24-22-,25-23-;. The number of carboxylic acid groups (broad SMARTS) is 2. The maximum absolute atomic E-state index is 12.0. The van der Waals surface area contributed by atoms with Crippen LogP contribution in [0.15, 0.2) is 24.3 Å². The number of rotatable bonds is 42. The Morgan fingerprint density at radius 1 is 0.431 bits per heavy atom. The highest BCUT2D eigenvalue weighted by Gasteiger charge is 2.40. The van der Waals surface area contributed by atoms with Crippen molar-refractivity contribution in [2.75, 3.05) is 54.4 Å². The molecule has 0 aromatic rings. The Balaban J connectivity index is 0. The number of likely N-dealkylation sites (N-methyl/N-ethyl adjacent to an activating group) is 2. The minimum absolute atomic E-state index is 0.145. The second kappa shape index (κ2) is 42.0. The highest BCUT2D eigenvalue weighted by atomic mass is 16.4. The molecule has 8 heteroatoms. The van der Waals surface area contributed by atoms with Crippen LogP contribution < -0.4 is 10.6 Å². The summed E-state index contributed by atoms with van der Waals surface area (Å²) in [5, 5.41) is 25.7. The number of unbranched alkanes of at least 4 members (excludes halogenated alkanes) is 24. The van der Waals surface area contributed by atoms with Gasteiger partial charge in [0.25, 0.3) is 0 Å². The molecular weight excluding hydrogens is 721 g/mol. The molecule has 0 saturated carbocycles. The average Bonchev–Trinajstić information content (AvgIpc) is 3.16. The van der Waals surface area contributed by atoms with Crippen molar-refractivity contribution >= 4 is 11.9 Å². The van der Waals surface area contributed by atoms with E-state index in [2.05, 4.69) is 69.7 Å². The van der Waals surface area contributed by atoms with E-state index in [1.165, 1.54) is 180 Å². The van der Waals surface area contributed by atoms with Gasteiger partial charge in [0.2, 0.25) is 0 Å². The normalized spacial score (nSPS) is 14.1. The summed E-state index contributed by atoms with van der Waals surface area (Å²) in [6, 6.07) is 0. The zero-order valence-electron chi connectivity index (χ0n) is 40.1. The number of carboxylic acids is 2. The lowest BCUT2D eigenvalue weighted by Gasteiger charge is -2.46. The molecule has 0 heterocycles. The van der Waals surface area contributed by atoms with Gasteiger partial charge in [-0.3, -0.25) is 15.1 Å². The predicted molar refractivity (Wildman–Crippen MR) is 252 cm³/mol. The van der Waals surface area contributed by atoms with Crippen molar-refractivity contribution in [3.05, 3.63) is 24.3 Å². The third kappa shape index (κ3) is 39.7. The summed E-state index contributed by atoms with van der Waals surface area (Å²) < 4.78 is 0.996. The Morgan fingerprint density at radius 3 is 0.948 bits per heavy atom. The van der Waals surface area contributed by atoms with Gasteiger partial charge < -0.3 is 14.7 Å². The van der Waals surface area contributed by atoms with E-state index < -0.39 is 11.9 Å². The quantitative estimate of drug-likeness (QED) is 0.0212. The number of carbonyl (C=O) groups is 2. The molecule has 0 aromatic carbocycles. The van der Waals surface area contributed by atoms with Crippen LogP contribution in [-0.4, -0.2) is 97.8 Å². The van der Waals surface area contributed by atoms with Gasteiger partial charge in [-0.2, -0.15) is 0 Å². The fourth-order valence-electron chi connectivity index (χ4n) is 7.96. The van der Waals surface area contributed by atoms with Gasteiger partial charge in [-0.1, -0.05) is 168 Å². The first-order valence-corrected chi connectivity index (χ1v) is 24.7. The number of nitrogens with zero attached hydrogens (tertiary/aromatic N) is 2. The number of allylic oxidation sites excluding steroid dienone is 4. The number of nitrogens with one attached hydrogen (secondary N) is 2. The summed E-state index contributed by atoms with van der Waals surface area (Å²) in [5.74, 6) is -1.46. The van der Waals surface area contributed by atoms with E-state index >= 15 is 0 Å². The summed E-state index contributed by atoms with van der Waals surface area (Å²) in [4.78, 5) is 22.0. The molecule has 0 spiro atoms. The molecule has 0 aromatic heterocycles. The molecule has 4 N–H and O–H groups in total. The minimum Gasteiger partial charge on any atom is -0.477 e. The van der Waals surface area contributed by atoms with Crippen LogP contribution in [0.3, 0.4) is 0 Å².